The van der Waals surface area contributed by atoms with E-state index in [2.05, 4.69) is 5.10 Å². The van der Waals surface area contributed by atoms with Gasteiger partial charge in [0.2, 0.25) is 0 Å². The molecule has 78 valence electrons. The smallest absolute Gasteiger partial charge is 0.130 e. The van der Waals surface area contributed by atoms with Crippen molar-refractivity contribution in [3.63, 3.8) is 0 Å². The van der Waals surface area contributed by atoms with Crippen LogP contribution in [0, 0.1) is 6.92 Å². The molecule has 0 unspecified atom stereocenters. The minimum atomic E-state index is 0.183. The zero-order valence-corrected chi connectivity index (χ0v) is 9.56. The number of halogens is 1. The van der Waals surface area contributed by atoms with Crippen molar-refractivity contribution in [2.24, 2.45) is 0 Å². The fourth-order valence-electron chi connectivity index (χ4n) is 1.40. The number of rotatable bonds is 4. The summed E-state index contributed by atoms with van der Waals surface area (Å²) in [6.07, 6.45) is 1.22. The lowest BCUT2D eigenvalue weighted by Crippen LogP contribution is -2.04. The van der Waals surface area contributed by atoms with Gasteiger partial charge in [0.25, 0.3) is 0 Å². The predicted molar refractivity (Wildman–Crippen MR) is 56.7 cm³/mol. The molecule has 0 fully saturated rings. The Balaban J connectivity index is 2.88. The van der Waals surface area contributed by atoms with Crippen LogP contribution >= 0.6 is 11.6 Å². The van der Waals surface area contributed by atoms with Gasteiger partial charge in [-0.1, -0.05) is 11.6 Å². The summed E-state index contributed by atoms with van der Waals surface area (Å²) >= 11 is 6.08. The Morgan fingerprint density at radius 2 is 2.21 bits per heavy atom. The molecule has 1 rings (SSSR count). The molecule has 0 aliphatic rings. The third-order valence-corrected chi connectivity index (χ3v) is 2.66. The predicted octanol–water partition coefficient (Wildman–Crippen LogP) is 2.39. The minimum absolute atomic E-state index is 0.183. The van der Waals surface area contributed by atoms with E-state index in [0.29, 0.717) is 17.9 Å². The summed E-state index contributed by atoms with van der Waals surface area (Å²) in [6, 6.07) is 0. The highest BCUT2D eigenvalue weighted by molar-refractivity contribution is 6.31. The fourth-order valence-corrected chi connectivity index (χ4v) is 1.63. The summed E-state index contributed by atoms with van der Waals surface area (Å²) in [7, 11) is 0. The first-order valence-electron chi connectivity index (χ1n) is 4.77. The number of carbonyl (C=O) groups is 1. The van der Waals surface area contributed by atoms with Crippen LogP contribution in [0.2, 0.25) is 5.02 Å². The van der Waals surface area contributed by atoms with Crippen LogP contribution in [0.25, 0.3) is 0 Å². The van der Waals surface area contributed by atoms with E-state index < -0.39 is 0 Å². The Kier molecular flexibility index (Phi) is 3.69. The van der Waals surface area contributed by atoms with Gasteiger partial charge in [-0.05, 0) is 27.2 Å². The van der Waals surface area contributed by atoms with Gasteiger partial charge in [0.1, 0.15) is 5.78 Å². The molecule has 14 heavy (non-hydrogen) atoms. The van der Waals surface area contributed by atoms with Crippen LogP contribution in [0.4, 0.5) is 0 Å². The van der Waals surface area contributed by atoms with E-state index in [1.54, 1.807) is 6.92 Å². The van der Waals surface area contributed by atoms with Gasteiger partial charge in [-0.3, -0.25) is 4.68 Å². The first-order valence-corrected chi connectivity index (χ1v) is 5.15. The summed E-state index contributed by atoms with van der Waals surface area (Å²) in [6.45, 7) is 6.28. The van der Waals surface area contributed by atoms with Crippen LogP contribution in [-0.4, -0.2) is 15.6 Å². The second-order valence-electron chi connectivity index (χ2n) is 3.36. The van der Waals surface area contributed by atoms with E-state index in [-0.39, 0.29) is 5.78 Å². The molecule has 0 bridgehead atoms. The molecule has 0 aliphatic carbocycles. The number of carbonyl (C=O) groups excluding carboxylic acids is 1. The lowest BCUT2D eigenvalue weighted by atomic mass is 10.2. The van der Waals surface area contributed by atoms with E-state index >= 15 is 0 Å². The minimum Gasteiger partial charge on any atom is -0.300 e. The number of ketones is 1. The zero-order valence-electron chi connectivity index (χ0n) is 8.80. The highest BCUT2D eigenvalue weighted by atomic mass is 35.5. The molecule has 0 saturated heterocycles. The maximum Gasteiger partial charge on any atom is 0.130 e. The molecule has 4 heteroatoms. The zero-order chi connectivity index (χ0) is 10.7. The Bertz CT molecular complexity index is 344. The number of aromatic nitrogens is 2. The summed E-state index contributed by atoms with van der Waals surface area (Å²) in [4.78, 5) is 10.9. The molecule has 0 aromatic carbocycles. The highest BCUT2D eigenvalue weighted by Crippen LogP contribution is 2.21. The number of hydrogen-bond donors (Lipinski definition) is 0. The second kappa shape index (κ2) is 4.60. The van der Waals surface area contributed by atoms with Gasteiger partial charge in [0.15, 0.2) is 0 Å². The van der Waals surface area contributed by atoms with Crippen LogP contribution in [-0.2, 0) is 17.8 Å². The van der Waals surface area contributed by atoms with Gasteiger partial charge < -0.3 is 4.79 Å². The number of nitrogens with zero attached hydrogens (tertiary/aromatic N) is 2. The molecular formula is C10H15ClN2O. The van der Waals surface area contributed by atoms with Crippen molar-refractivity contribution >= 4 is 17.4 Å². The number of hydrogen-bond acceptors (Lipinski definition) is 2. The first-order chi connectivity index (χ1) is 6.56. The quantitative estimate of drug-likeness (QED) is 0.772. The lowest BCUT2D eigenvalue weighted by molar-refractivity contribution is -0.117. The maximum absolute atomic E-state index is 10.9. The Hall–Kier alpha value is -0.830. The lowest BCUT2D eigenvalue weighted by Gasteiger charge is -2.03. The second-order valence-corrected chi connectivity index (χ2v) is 3.74. The van der Waals surface area contributed by atoms with Crippen molar-refractivity contribution in [2.45, 2.75) is 40.2 Å². The van der Waals surface area contributed by atoms with E-state index in [1.807, 2.05) is 18.5 Å². The van der Waals surface area contributed by atoms with Crippen LogP contribution in [0.5, 0.6) is 0 Å². The Labute approximate surface area is 89.1 Å². The topological polar surface area (TPSA) is 34.9 Å². The Morgan fingerprint density at radius 1 is 1.57 bits per heavy atom. The molecule has 1 aromatic heterocycles. The van der Waals surface area contributed by atoms with E-state index in [0.717, 1.165) is 17.9 Å². The van der Waals surface area contributed by atoms with E-state index in [9.17, 15) is 4.79 Å². The molecule has 3 nitrogen and oxygen atoms in total. The molecule has 1 aromatic rings. The first kappa shape index (κ1) is 11.2. The molecular weight excluding hydrogens is 200 g/mol. The fraction of sp³-hybridized carbons (Fsp3) is 0.600. The average Bonchev–Trinajstić information content (AvgIpc) is 2.40. The van der Waals surface area contributed by atoms with Crippen LogP contribution in [0.15, 0.2) is 0 Å². The van der Waals surface area contributed by atoms with Crippen LogP contribution < -0.4 is 0 Å². The number of Topliss-reactive ketones (excluding diaryl/α,β-unsaturated/α-hetero) is 1. The third-order valence-electron chi connectivity index (χ3n) is 2.17. The van der Waals surface area contributed by atoms with Crippen molar-refractivity contribution in [1.29, 1.82) is 0 Å². The molecule has 1 heterocycles. The number of aryl methyl sites for hydroxylation is 2. The molecule has 0 spiro atoms. The summed E-state index contributed by atoms with van der Waals surface area (Å²) in [5, 5.41) is 4.98. The molecule has 0 atom stereocenters. The van der Waals surface area contributed by atoms with Gasteiger partial charge >= 0.3 is 0 Å². The van der Waals surface area contributed by atoms with Crippen LogP contribution in [0.3, 0.4) is 0 Å². The van der Waals surface area contributed by atoms with Crippen molar-refractivity contribution in [1.82, 2.24) is 9.78 Å². The van der Waals surface area contributed by atoms with Gasteiger partial charge in [-0.25, -0.2) is 0 Å². The maximum atomic E-state index is 10.9. The molecule has 0 N–H and O–H groups in total. The van der Waals surface area contributed by atoms with E-state index in [1.165, 1.54) is 0 Å². The van der Waals surface area contributed by atoms with Gasteiger partial charge in [-0.15, -0.1) is 0 Å². The van der Waals surface area contributed by atoms with E-state index in [4.69, 9.17) is 11.6 Å². The normalized spacial score (nSPS) is 10.6. The summed E-state index contributed by atoms with van der Waals surface area (Å²) < 4.78 is 1.86. The van der Waals surface area contributed by atoms with Crippen LogP contribution in [0.1, 0.15) is 31.7 Å². The highest BCUT2D eigenvalue weighted by Gasteiger charge is 2.12. The monoisotopic (exact) mass is 214 g/mol. The van der Waals surface area contributed by atoms with Crippen molar-refractivity contribution < 1.29 is 4.79 Å². The van der Waals surface area contributed by atoms with Gasteiger partial charge in [0.05, 0.1) is 16.4 Å². The molecule has 0 aliphatic heterocycles. The van der Waals surface area contributed by atoms with Gasteiger partial charge in [-0.2, -0.15) is 5.10 Å². The Morgan fingerprint density at radius 3 is 2.71 bits per heavy atom. The van der Waals surface area contributed by atoms with Crippen molar-refractivity contribution in [3.05, 3.63) is 16.4 Å². The standard InChI is InChI=1S/C10H15ClN2O/c1-4-13-9(6-5-7(2)14)10(11)8(3)12-13/h4-6H2,1-3H3. The van der Waals surface area contributed by atoms with Crippen molar-refractivity contribution in [2.75, 3.05) is 0 Å². The van der Waals surface area contributed by atoms with Crippen molar-refractivity contribution in [3.8, 4) is 0 Å². The molecule has 0 radical (unpaired) electrons. The SMILES string of the molecule is CCn1nc(C)c(Cl)c1CCC(C)=O. The third kappa shape index (κ3) is 2.35. The molecule has 0 saturated carbocycles. The summed E-state index contributed by atoms with van der Waals surface area (Å²) in [5.74, 6) is 0.183. The summed E-state index contributed by atoms with van der Waals surface area (Å²) in [5.41, 5.74) is 1.81. The average molecular weight is 215 g/mol. The molecule has 0 amide bonds. The largest absolute Gasteiger partial charge is 0.300 e. The van der Waals surface area contributed by atoms with Gasteiger partial charge in [0, 0.05) is 13.0 Å².